The van der Waals surface area contributed by atoms with Crippen LogP contribution in [-0.2, 0) is 9.59 Å². The molecule has 1 aromatic rings. The molecule has 32 heavy (non-hydrogen) atoms. The number of ether oxygens (including phenoxy) is 1. The third-order valence-electron chi connectivity index (χ3n) is 8.23. The molecule has 0 aromatic heterocycles. The topological polar surface area (TPSA) is 75.7 Å². The summed E-state index contributed by atoms with van der Waals surface area (Å²) in [7, 11) is 0. The molecule has 5 fully saturated rings. The summed E-state index contributed by atoms with van der Waals surface area (Å²) in [5.41, 5.74) is 0.758. The quantitative estimate of drug-likeness (QED) is 0.558. The van der Waals surface area contributed by atoms with Crippen LogP contribution in [0, 0.1) is 23.2 Å². The maximum atomic E-state index is 13.2. The number of amides is 2. The standard InChI is InChI=1S/C26H34N2O4/c1-17(29)32-23-4-2-3-21(12-23)25(31)27-22-5-7-28(8-6-22)24(30)16-26-13-18-9-19(14-26)11-20(10-18)15-26/h2-4,12,18-20,22H,5-11,13-16H2,1H3,(H,27,31). The Morgan fingerprint density at radius 3 is 2.25 bits per heavy atom. The van der Waals surface area contributed by atoms with E-state index in [0.717, 1.165) is 37.0 Å². The molecule has 4 aliphatic carbocycles. The van der Waals surface area contributed by atoms with Gasteiger partial charge in [0.05, 0.1) is 0 Å². The average molecular weight is 439 g/mol. The first-order valence-electron chi connectivity index (χ1n) is 12.2. The minimum absolute atomic E-state index is 0.0588. The number of benzene rings is 1. The average Bonchev–Trinajstić information content (AvgIpc) is 2.72. The van der Waals surface area contributed by atoms with Crippen LogP contribution in [0.3, 0.4) is 0 Å². The fourth-order valence-electron chi connectivity index (χ4n) is 7.35. The third kappa shape index (κ3) is 4.55. The van der Waals surface area contributed by atoms with Crippen LogP contribution in [0.2, 0.25) is 0 Å². The molecule has 0 radical (unpaired) electrons. The van der Waals surface area contributed by atoms with Crippen molar-refractivity contribution < 1.29 is 19.1 Å². The molecule has 1 aliphatic heterocycles. The Kier molecular flexibility index (Phi) is 5.72. The molecule has 6 rings (SSSR count). The van der Waals surface area contributed by atoms with Crippen LogP contribution in [0.15, 0.2) is 24.3 Å². The summed E-state index contributed by atoms with van der Waals surface area (Å²) in [5, 5.41) is 3.08. The van der Waals surface area contributed by atoms with Crippen molar-refractivity contribution in [2.75, 3.05) is 13.1 Å². The van der Waals surface area contributed by atoms with Crippen molar-refractivity contribution >= 4 is 17.8 Å². The smallest absolute Gasteiger partial charge is 0.308 e. The molecule has 1 saturated heterocycles. The fraction of sp³-hybridized carbons (Fsp3) is 0.654. The van der Waals surface area contributed by atoms with Crippen molar-refractivity contribution in [3.63, 3.8) is 0 Å². The summed E-state index contributed by atoms with van der Waals surface area (Å²) in [4.78, 5) is 39.0. The van der Waals surface area contributed by atoms with Crippen molar-refractivity contribution in [3.05, 3.63) is 29.8 Å². The van der Waals surface area contributed by atoms with E-state index in [1.807, 2.05) is 4.90 Å². The van der Waals surface area contributed by atoms with E-state index in [1.54, 1.807) is 24.3 Å². The molecule has 172 valence electrons. The number of piperidine rings is 1. The Bertz CT molecular complexity index is 868. The number of nitrogens with one attached hydrogen (secondary N) is 1. The maximum absolute atomic E-state index is 13.2. The minimum atomic E-state index is -0.409. The molecule has 4 saturated carbocycles. The zero-order chi connectivity index (χ0) is 22.3. The Balaban J connectivity index is 1.12. The molecule has 0 spiro atoms. The predicted molar refractivity (Wildman–Crippen MR) is 120 cm³/mol. The molecule has 6 nitrogen and oxygen atoms in total. The maximum Gasteiger partial charge on any atom is 0.308 e. The van der Waals surface area contributed by atoms with Gasteiger partial charge in [-0.05, 0) is 92.7 Å². The Labute approximate surface area is 190 Å². The van der Waals surface area contributed by atoms with E-state index >= 15 is 0 Å². The highest BCUT2D eigenvalue weighted by Gasteiger charge is 2.51. The number of nitrogens with zero attached hydrogens (tertiary/aromatic N) is 1. The molecule has 6 heteroatoms. The zero-order valence-electron chi connectivity index (χ0n) is 19.0. The SMILES string of the molecule is CC(=O)Oc1cccc(C(=O)NC2CCN(C(=O)CC34CC5CC(CC(C5)C3)C4)CC2)c1. The van der Waals surface area contributed by atoms with Crippen LogP contribution >= 0.6 is 0 Å². The van der Waals surface area contributed by atoms with Gasteiger partial charge in [-0.3, -0.25) is 14.4 Å². The van der Waals surface area contributed by atoms with Crippen LogP contribution in [0.4, 0.5) is 0 Å². The van der Waals surface area contributed by atoms with Crippen molar-refractivity contribution in [3.8, 4) is 5.75 Å². The number of hydrogen-bond donors (Lipinski definition) is 1. The van der Waals surface area contributed by atoms with Crippen LogP contribution < -0.4 is 10.1 Å². The minimum Gasteiger partial charge on any atom is -0.427 e. The number of esters is 1. The molecule has 1 aromatic carbocycles. The van der Waals surface area contributed by atoms with E-state index in [1.165, 1.54) is 45.4 Å². The number of hydrogen-bond acceptors (Lipinski definition) is 4. The summed E-state index contributed by atoms with van der Waals surface area (Å²) < 4.78 is 5.07. The second-order valence-electron chi connectivity index (χ2n) is 10.8. The van der Waals surface area contributed by atoms with E-state index in [4.69, 9.17) is 4.74 Å². The van der Waals surface area contributed by atoms with Gasteiger partial charge in [-0.1, -0.05) is 6.07 Å². The summed E-state index contributed by atoms with van der Waals surface area (Å²) in [6.07, 6.45) is 10.3. The Morgan fingerprint density at radius 1 is 1.03 bits per heavy atom. The monoisotopic (exact) mass is 438 g/mol. The van der Waals surface area contributed by atoms with Crippen molar-refractivity contribution in [1.82, 2.24) is 10.2 Å². The second kappa shape index (κ2) is 8.53. The zero-order valence-corrected chi connectivity index (χ0v) is 19.0. The molecule has 1 N–H and O–H groups in total. The number of carbonyl (C=O) groups is 3. The van der Waals surface area contributed by atoms with Gasteiger partial charge in [-0.15, -0.1) is 0 Å². The van der Waals surface area contributed by atoms with Gasteiger partial charge < -0.3 is 15.0 Å². The summed E-state index contributed by atoms with van der Waals surface area (Å²) in [6.45, 7) is 2.76. The van der Waals surface area contributed by atoms with Crippen molar-refractivity contribution in [2.45, 2.75) is 70.8 Å². The van der Waals surface area contributed by atoms with Crippen LogP contribution in [0.1, 0.15) is 75.1 Å². The largest absolute Gasteiger partial charge is 0.427 e. The van der Waals surface area contributed by atoms with E-state index in [9.17, 15) is 14.4 Å². The molecule has 0 atom stereocenters. The number of likely N-dealkylation sites (tertiary alicyclic amines) is 1. The molecule has 4 bridgehead atoms. The molecular weight excluding hydrogens is 404 g/mol. The van der Waals surface area contributed by atoms with Gasteiger partial charge in [0, 0.05) is 38.0 Å². The number of rotatable bonds is 5. The van der Waals surface area contributed by atoms with Crippen molar-refractivity contribution in [1.29, 1.82) is 0 Å². The highest BCUT2D eigenvalue weighted by Crippen LogP contribution is 2.61. The van der Waals surface area contributed by atoms with Crippen molar-refractivity contribution in [2.24, 2.45) is 23.2 Å². The van der Waals surface area contributed by atoms with Gasteiger partial charge in [0.15, 0.2) is 0 Å². The van der Waals surface area contributed by atoms with Gasteiger partial charge in [0.25, 0.3) is 5.91 Å². The van der Waals surface area contributed by atoms with Crippen LogP contribution in [0.25, 0.3) is 0 Å². The van der Waals surface area contributed by atoms with Gasteiger partial charge in [-0.25, -0.2) is 0 Å². The molecular formula is C26H34N2O4. The molecule has 1 heterocycles. The van der Waals surface area contributed by atoms with E-state index in [-0.39, 0.29) is 17.4 Å². The lowest BCUT2D eigenvalue weighted by Crippen LogP contribution is -2.50. The van der Waals surface area contributed by atoms with E-state index < -0.39 is 5.97 Å². The lowest BCUT2D eigenvalue weighted by atomic mass is 9.49. The fourth-order valence-corrected chi connectivity index (χ4v) is 7.35. The summed E-state index contributed by atoms with van der Waals surface area (Å²) >= 11 is 0. The normalized spacial score (nSPS) is 31.4. The van der Waals surface area contributed by atoms with Crippen LogP contribution in [0.5, 0.6) is 5.75 Å². The second-order valence-corrected chi connectivity index (χ2v) is 10.8. The first-order chi connectivity index (χ1) is 15.4. The van der Waals surface area contributed by atoms with Crippen LogP contribution in [-0.4, -0.2) is 41.8 Å². The first-order valence-corrected chi connectivity index (χ1v) is 12.2. The molecule has 5 aliphatic rings. The molecule has 2 amide bonds. The highest BCUT2D eigenvalue weighted by atomic mass is 16.5. The summed E-state index contributed by atoms with van der Waals surface area (Å²) in [5.74, 6) is 2.73. The first kappa shape index (κ1) is 21.5. The van der Waals surface area contributed by atoms with Gasteiger partial charge in [-0.2, -0.15) is 0 Å². The van der Waals surface area contributed by atoms with Gasteiger partial charge in [0.2, 0.25) is 5.91 Å². The Morgan fingerprint density at radius 2 is 1.66 bits per heavy atom. The number of carbonyl (C=O) groups excluding carboxylic acids is 3. The highest BCUT2D eigenvalue weighted by molar-refractivity contribution is 5.95. The van der Waals surface area contributed by atoms with Gasteiger partial charge in [0.1, 0.15) is 5.75 Å². The Hall–Kier alpha value is -2.37. The lowest BCUT2D eigenvalue weighted by molar-refractivity contribution is -0.140. The van der Waals surface area contributed by atoms with Gasteiger partial charge >= 0.3 is 5.97 Å². The lowest BCUT2D eigenvalue weighted by Gasteiger charge is -2.57. The predicted octanol–water partition coefficient (Wildman–Crippen LogP) is 3.94. The third-order valence-corrected chi connectivity index (χ3v) is 8.23. The van der Waals surface area contributed by atoms with E-state index in [2.05, 4.69) is 5.32 Å². The van der Waals surface area contributed by atoms with E-state index in [0.29, 0.717) is 30.3 Å². The summed E-state index contributed by atoms with van der Waals surface area (Å²) in [6, 6.07) is 6.72. The molecule has 0 unspecified atom stereocenters.